The van der Waals surface area contributed by atoms with Gasteiger partial charge in [-0.05, 0) is 18.6 Å². The zero-order valence-electron chi connectivity index (χ0n) is 9.77. The molecule has 0 aliphatic heterocycles. The third-order valence-electron chi connectivity index (χ3n) is 2.21. The van der Waals surface area contributed by atoms with Crippen LogP contribution in [0.15, 0.2) is 18.3 Å². The minimum Gasteiger partial charge on any atom is -0.318 e. The Labute approximate surface area is 109 Å². The number of aromatic amines is 1. The van der Waals surface area contributed by atoms with Crippen LogP contribution in [0.3, 0.4) is 0 Å². The minimum atomic E-state index is -0.377. The Bertz CT molecular complexity index is 537. The van der Waals surface area contributed by atoms with Crippen molar-refractivity contribution in [2.24, 2.45) is 0 Å². The monoisotopic (exact) mass is 265 g/mol. The van der Waals surface area contributed by atoms with Gasteiger partial charge in [0.05, 0.1) is 11.9 Å². The third kappa shape index (κ3) is 3.04. The van der Waals surface area contributed by atoms with Crippen LogP contribution in [0.25, 0.3) is 0 Å². The number of nitrogens with one attached hydrogen (secondary N) is 2. The number of pyridine rings is 1. The van der Waals surface area contributed by atoms with Gasteiger partial charge in [-0.15, -0.1) is 5.10 Å². The van der Waals surface area contributed by atoms with E-state index in [9.17, 15) is 4.79 Å². The van der Waals surface area contributed by atoms with E-state index in [0.717, 1.165) is 12.8 Å². The standard InChI is InChI=1S/C11H12ClN5O/c1-2-3-9-15-10(17-16-9)11(18)14-7-4-5-8(12)13-6-7/h4-6H,2-3H2,1H3,(H,14,18)(H,15,16,17). The van der Waals surface area contributed by atoms with E-state index in [4.69, 9.17) is 11.6 Å². The fourth-order valence-electron chi connectivity index (χ4n) is 1.38. The summed E-state index contributed by atoms with van der Waals surface area (Å²) in [4.78, 5) is 19.8. The number of amides is 1. The second kappa shape index (κ2) is 5.59. The lowest BCUT2D eigenvalue weighted by Gasteiger charge is -2.01. The Morgan fingerprint density at radius 2 is 2.33 bits per heavy atom. The number of aryl methyl sites for hydroxylation is 1. The summed E-state index contributed by atoms with van der Waals surface area (Å²) in [5.41, 5.74) is 0.547. The van der Waals surface area contributed by atoms with E-state index < -0.39 is 0 Å². The molecule has 2 N–H and O–H groups in total. The van der Waals surface area contributed by atoms with E-state index in [1.54, 1.807) is 12.1 Å². The molecule has 2 rings (SSSR count). The molecule has 2 aromatic heterocycles. The molecule has 0 aliphatic carbocycles. The van der Waals surface area contributed by atoms with Gasteiger partial charge in [0.25, 0.3) is 5.91 Å². The average Bonchev–Trinajstić information content (AvgIpc) is 2.81. The van der Waals surface area contributed by atoms with Crippen molar-refractivity contribution in [3.63, 3.8) is 0 Å². The topological polar surface area (TPSA) is 83.6 Å². The molecule has 0 aromatic carbocycles. The quantitative estimate of drug-likeness (QED) is 0.829. The molecule has 2 aromatic rings. The zero-order valence-corrected chi connectivity index (χ0v) is 10.5. The highest BCUT2D eigenvalue weighted by atomic mass is 35.5. The van der Waals surface area contributed by atoms with Crippen molar-refractivity contribution in [1.82, 2.24) is 20.2 Å². The number of aromatic nitrogens is 4. The second-order valence-corrected chi connectivity index (χ2v) is 4.07. The van der Waals surface area contributed by atoms with E-state index in [1.807, 2.05) is 6.92 Å². The van der Waals surface area contributed by atoms with Crippen molar-refractivity contribution in [2.45, 2.75) is 19.8 Å². The van der Waals surface area contributed by atoms with Gasteiger partial charge >= 0.3 is 0 Å². The van der Waals surface area contributed by atoms with Crippen molar-refractivity contribution in [1.29, 1.82) is 0 Å². The summed E-state index contributed by atoms with van der Waals surface area (Å²) >= 11 is 5.65. The van der Waals surface area contributed by atoms with Gasteiger partial charge in [0.15, 0.2) is 0 Å². The molecule has 0 aliphatic rings. The van der Waals surface area contributed by atoms with Crippen LogP contribution >= 0.6 is 11.6 Å². The summed E-state index contributed by atoms with van der Waals surface area (Å²) in [7, 11) is 0. The number of anilines is 1. The van der Waals surface area contributed by atoms with E-state index in [-0.39, 0.29) is 11.7 Å². The number of rotatable bonds is 4. The molecule has 0 radical (unpaired) electrons. The number of carbonyl (C=O) groups is 1. The smallest absolute Gasteiger partial charge is 0.295 e. The largest absolute Gasteiger partial charge is 0.318 e. The number of halogens is 1. The molecule has 0 spiro atoms. The highest BCUT2D eigenvalue weighted by molar-refractivity contribution is 6.29. The first kappa shape index (κ1) is 12.5. The van der Waals surface area contributed by atoms with Gasteiger partial charge < -0.3 is 5.32 Å². The molecule has 18 heavy (non-hydrogen) atoms. The first-order valence-corrected chi connectivity index (χ1v) is 5.91. The first-order valence-electron chi connectivity index (χ1n) is 5.53. The van der Waals surface area contributed by atoms with E-state index >= 15 is 0 Å². The first-order chi connectivity index (χ1) is 8.69. The summed E-state index contributed by atoms with van der Waals surface area (Å²) in [5.74, 6) is 0.447. The highest BCUT2D eigenvalue weighted by Gasteiger charge is 2.12. The third-order valence-corrected chi connectivity index (χ3v) is 2.43. The summed E-state index contributed by atoms with van der Waals surface area (Å²) in [6, 6.07) is 3.25. The molecule has 0 fully saturated rings. The highest BCUT2D eigenvalue weighted by Crippen LogP contribution is 2.10. The number of carbonyl (C=O) groups excluding carboxylic acids is 1. The molecule has 0 saturated heterocycles. The van der Waals surface area contributed by atoms with Gasteiger partial charge in [-0.3, -0.25) is 9.89 Å². The van der Waals surface area contributed by atoms with Crippen LogP contribution in [0, 0.1) is 0 Å². The summed E-state index contributed by atoms with van der Waals surface area (Å²) < 4.78 is 0. The molecule has 2 heterocycles. The van der Waals surface area contributed by atoms with Crippen LogP contribution in [0.4, 0.5) is 5.69 Å². The molecular formula is C11H12ClN5O. The molecule has 0 saturated carbocycles. The molecule has 0 bridgehead atoms. The Hall–Kier alpha value is -1.95. The summed E-state index contributed by atoms with van der Waals surface area (Å²) in [6.07, 6.45) is 3.18. The van der Waals surface area contributed by atoms with E-state index in [1.165, 1.54) is 6.20 Å². The van der Waals surface area contributed by atoms with Crippen LogP contribution in [0.5, 0.6) is 0 Å². The number of hydrogen-bond donors (Lipinski definition) is 2. The second-order valence-electron chi connectivity index (χ2n) is 3.68. The maximum absolute atomic E-state index is 11.8. The lowest BCUT2D eigenvalue weighted by molar-refractivity contribution is 0.101. The van der Waals surface area contributed by atoms with Crippen molar-refractivity contribution >= 4 is 23.2 Å². The Balaban J connectivity index is 2.04. The Morgan fingerprint density at radius 3 is 3.00 bits per heavy atom. The fraction of sp³-hybridized carbons (Fsp3) is 0.273. The van der Waals surface area contributed by atoms with E-state index in [2.05, 4.69) is 25.5 Å². The number of nitrogens with zero attached hydrogens (tertiary/aromatic N) is 3. The summed E-state index contributed by atoms with van der Waals surface area (Å²) in [6.45, 7) is 2.03. The number of hydrogen-bond acceptors (Lipinski definition) is 4. The normalized spacial score (nSPS) is 10.3. The SMILES string of the molecule is CCCc1nc(C(=O)Nc2ccc(Cl)nc2)n[nH]1. The summed E-state index contributed by atoms with van der Waals surface area (Å²) in [5, 5.41) is 9.58. The molecule has 0 unspecified atom stereocenters. The average molecular weight is 266 g/mol. The van der Waals surface area contributed by atoms with Crippen molar-refractivity contribution < 1.29 is 4.79 Å². The molecular weight excluding hydrogens is 254 g/mol. The molecule has 94 valence electrons. The van der Waals surface area contributed by atoms with Gasteiger partial charge in [0.2, 0.25) is 5.82 Å². The van der Waals surface area contributed by atoms with Crippen LogP contribution in [-0.2, 0) is 6.42 Å². The van der Waals surface area contributed by atoms with Crippen LogP contribution in [-0.4, -0.2) is 26.1 Å². The molecule has 7 heteroatoms. The van der Waals surface area contributed by atoms with Crippen molar-refractivity contribution in [3.05, 3.63) is 35.1 Å². The predicted octanol–water partition coefficient (Wildman–Crippen LogP) is 2.06. The Kier molecular flexibility index (Phi) is 3.88. The molecule has 6 nitrogen and oxygen atoms in total. The maximum Gasteiger partial charge on any atom is 0.295 e. The maximum atomic E-state index is 11.8. The minimum absolute atomic E-state index is 0.119. The van der Waals surface area contributed by atoms with Gasteiger partial charge in [0.1, 0.15) is 11.0 Å². The van der Waals surface area contributed by atoms with Gasteiger partial charge in [-0.1, -0.05) is 18.5 Å². The van der Waals surface area contributed by atoms with Crippen LogP contribution in [0.1, 0.15) is 29.8 Å². The van der Waals surface area contributed by atoms with Crippen molar-refractivity contribution in [2.75, 3.05) is 5.32 Å². The molecule has 0 atom stereocenters. The van der Waals surface area contributed by atoms with Crippen LogP contribution < -0.4 is 5.32 Å². The lowest BCUT2D eigenvalue weighted by Crippen LogP contribution is -2.13. The molecule has 1 amide bonds. The van der Waals surface area contributed by atoms with Crippen molar-refractivity contribution in [3.8, 4) is 0 Å². The van der Waals surface area contributed by atoms with Gasteiger partial charge in [-0.2, -0.15) is 0 Å². The van der Waals surface area contributed by atoms with Gasteiger partial charge in [0, 0.05) is 6.42 Å². The number of H-pyrrole nitrogens is 1. The van der Waals surface area contributed by atoms with E-state index in [0.29, 0.717) is 16.7 Å². The fourth-order valence-corrected chi connectivity index (χ4v) is 1.49. The predicted molar refractivity (Wildman–Crippen MR) is 67.6 cm³/mol. The Morgan fingerprint density at radius 1 is 1.50 bits per heavy atom. The van der Waals surface area contributed by atoms with Crippen LogP contribution in [0.2, 0.25) is 5.15 Å². The lowest BCUT2D eigenvalue weighted by atomic mass is 10.3. The van der Waals surface area contributed by atoms with Gasteiger partial charge in [-0.25, -0.2) is 9.97 Å². The zero-order chi connectivity index (χ0) is 13.0.